The van der Waals surface area contributed by atoms with E-state index in [0.29, 0.717) is 6.42 Å². The first-order chi connectivity index (χ1) is 6.95. The first kappa shape index (κ1) is 13.9. The second-order valence-electron chi connectivity index (χ2n) is 2.87. The third kappa shape index (κ3) is 4.76. The smallest absolute Gasteiger partial charge is 0.325 e. The lowest BCUT2D eigenvalue weighted by molar-refractivity contribution is -0.139. The lowest BCUT2D eigenvalue weighted by Crippen LogP contribution is -2.38. The van der Waals surface area contributed by atoms with Gasteiger partial charge in [0.15, 0.2) is 5.25 Å². The van der Waals surface area contributed by atoms with E-state index in [0.717, 1.165) is 7.11 Å². The van der Waals surface area contributed by atoms with Gasteiger partial charge >= 0.3 is 5.97 Å². The minimum atomic E-state index is -3.69. The Labute approximate surface area is 89.3 Å². The van der Waals surface area contributed by atoms with Crippen molar-refractivity contribution >= 4 is 16.0 Å². The van der Waals surface area contributed by atoms with Crippen LogP contribution in [0.25, 0.3) is 0 Å². The Bertz CT molecular complexity index is 344. The molecule has 0 aliphatic carbocycles. The molecule has 0 rings (SSSR count). The van der Waals surface area contributed by atoms with Crippen LogP contribution in [0, 0.1) is 11.3 Å². The molecular weight excluding hydrogens is 220 g/mol. The second kappa shape index (κ2) is 6.37. The predicted octanol–water partition coefficient (Wildman–Crippen LogP) is -0.229. The highest BCUT2D eigenvalue weighted by molar-refractivity contribution is 7.90. The van der Waals surface area contributed by atoms with E-state index < -0.39 is 21.2 Å². The molecule has 0 aromatic rings. The number of hydrogen-bond acceptors (Lipinski definition) is 5. The van der Waals surface area contributed by atoms with E-state index in [-0.39, 0.29) is 13.0 Å². The van der Waals surface area contributed by atoms with Gasteiger partial charge in [0.25, 0.3) is 0 Å². The molecule has 0 aromatic carbocycles. The highest BCUT2D eigenvalue weighted by atomic mass is 32.2. The number of rotatable bonds is 6. The zero-order chi connectivity index (χ0) is 11.9. The Morgan fingerprint density at radius 3 is 2.67 bits per heavy atom. The zero-order valence-corrected chi connectivity index (χ0v) is 9.50. The van der Waals surface area contributed by atoms with Gasteiger partial charge in [0.1, 0.15) is 0 Å². The fourth-order valence-electron chi connectivity index (χ4n) is 0.800. The molecule has 1 unspecified atom stereocenters. The largest absolute Gasteiger partial charge is 0.468 e. The number of nitrogens with one attached hydrogen (secondary N) is 1. The van der Waals surface area contributed by atoms with Crippen LogP contribution in [-0.4, -0.2) is 33.3 Å². The summed E-state index contributed by atoms with van der Waals surface area (Å²) in [6, 6.07) is 1.89. The van der Waals surface area contributed by atoms with Crippen molar-refractivity contribution in [1.82, 2.24) is 4.72 Å². The lowest BCUT2D eigenvalue weighted by Gasteiger charge is -2.11. The topological polar surface area (TPSA) is 96.3 Å². The van der Waals surface area contributed by atoms with Crippen LogP contribution in [0.2, 0.25) is 0 Å². The molecule has 0 bridgehead atoms. The second-order valence-corrected chi connectivity index (χ2v) is 4.95. The van der Waals surface area contributed by atoms with Gasteiger partial charge in [0, 0.05) is 13.0 Å². The maximum absolute atomic E-state index is 11.4. The number of hydrogen-bond donors (Lipinski definition) is 1. The number of ether oxygens (including phenoxy) is 1. The molecule has 0 fully saturated rings. The van der Waals surface area contributed by atoms with Crippen molar-refractivity contribution < 1.29 is 17.9 Å². The zero-order valence-electron chi connectivity index (χ0n) is 8.69. The number of nitrogens with zero attached hydrogens (tertiary/aromatic N) is 1. The van der Waals surface area contributed by atoms with Crippen molar-refractivity contribution in [3.63, 3.8) is 0 Å². The average Bonchev–Trinajstić information content (AvgIpc) is 2.22. The van der Waals surface area contributed by atoms with E-state index in [2.05, 4.69) is 9.46 Å². The van der Waals surface area contributed by atoms with Crippen molar-refractivity contribution in [3.8, 4) is 6.07 Å². The molecule has 6 nitrogen and oxygen atoms in total. The number of methoxy groups -OCH3 is 1. The molecule has 0 aliphatic rings. The Morgan fingerprint density at radius 2 is 2.20 bits per heavy atom. The summed E-state index contributed by atoms with van der Waals surface area (Å²) in [5.74, 6) is -0.803. The van der Waals surface area contributed by atoms with Gasteiger partial charge in [-0.3, -0.25) is 4.79 Å². The minimum Gasteiger partial charge on any atom is -0.468 e. The SMILES string of the molecule is COC(=O)C(C)S(=O)(=O)NCCCC#N. The highest BCUT2D eigenvalue weighted by Gasteiger charge is 2.27. The van der Waals surface area contributed by atoms with Gasteiger partial charge in [0.05, 0.1) is 13.2 Å². The molecule has 0 aromatic heterocycles. The summed E-state index contributed by atoms with van der Waals surface area (Å²) < 4.78 is 29.3. The Kier molecular flexibility index (Phi) is 5.89. The lowest BCUT2D eigenvalue weighted by atomic mass is 10.3. The summed E-state index contributed by atoms with van der Waals surface area (Å²) >= 11 is 0. The van der Waals surface area contributed by atoms with Gasteiger partial charge in [-0.1, -0.05) is 0 Å². The molecule has 0 aliphatic heterocycles. The summed E-state index contributed by atoms with van der Waals surface area (Å²) in [4.78, 5) is 11.0. The fourth-order valence-corrected chi connectivity index (χ4v) is 1.83. The van der Waals surface area contributed by atoms with E-state index >= 15 is 0 Å². The molecule has 7 heteroatoms. The van der Waals surface area contributed by atoms with Crippen molar-refractivity contribution in [2.45, 2.75) is 25.0 Å². The van der Waals surface area contributed by atoms with Gasteiger partial charge in [-0.2, -0.15) is 5.26 Å². The van der Waals surface area contributed by atoms with Crippen molar-refractivity contribution in [3.05, 3.63) is 0 Å². The number of nitriles is 1. The molecule has 0 heterocycles. The Hall–Kier alpha value is -1.13. The van der Waals surface area contributed by atoms with Crippen LogP contribution in [0.15, 0.2) is 0 Å². The van der Waals surface area contributed by atoms with Gasteiger partial charge in [-0.25, -0.2) is 13.1 Å². The molecule has 0 saturated heterocycles. The van der Waals surface area contributed by atoms with E-state index in [4.69, 9.17) is 5.26 Å². The summed E-state index contributed by atoms with van der Waals surface area (Å²) in [5, 5.41) is 7.00. The van der Waals surface area contributed by atoms with Gasteiger partial charge in [0.2, 0.25) is 10.0 Å². The number of esters is 1. The average molecular weight is 234 g/mol. The summed E-state index contributed by atoms with van der Waals surface area (Å²) in [7, 11) is -2.56. The number of carbonyl (C=O) groups is 1. The molecule has 1 N–H and O–H groups in total. The molecule has 0 radical (unpaired) electrons. The Balaban J connectivity index is 4.19. The summed E-state index contributed by atoms with van der Waals surface area (Å²) in [5.41, 5.74) is 0. The Morgan fingerprint density at radius 1 is 1.60 bits per heavy atom. The summed E-state index contributed by atoms with van der Waals surface area (Å²) in [6.45, 7) is 1.40. The van der Waals surface area contributed by atoms with Crippen molar-refractivity contribution in [1.29, 1.82) is 5.26 Å². The maximum Gasteiger partial charge on any atom is 0.325 e. The van der Waals surface area contributed by atoms with E-state index in [1.165, 1.54) is 6.92 Å². The molecule has 0 amide bonds. The number of carbonyl (C=O) groups excluding carboxylic acids is 1. The van der Waals surface area contributed by atoms with Crippen molar-refractivity contribution in [2.75, 3.05) is 13.7 Å². The van der Waals surface area contributed by atoms with Crippen LogP contribution >= 0.6 is 0 Å². The molecule has 0 saturated carbocycles. The van der Waals surface area contributed by atoms with Crippen LogP contribution < -0.4 is 4.72 Å². The van der Waals surface area contributed by atoms with Gasteiger partial charge < -0.3 is 4.74 Å². The minimum absolute atomic E-state index is 0.150. The van der Waals surface area contributed by atoms with Crippen LogP contribution in [0.3, 0.4) is 0 Å². The van der Waals surface area contributed by atoms with E-state index in [9.17, 15) is 13.2 Å². The standard InChI is InChI=1S/C8H14N2O4S/c1-7(8(11)14-2)15(12,13)10-6-4-3-5-9/h7,10H,3-4,6H2,1-2H3. The molecule has 86 valence electrons. The molecule has 15 heavy (non-hydrogen) atoms. The molecular formula is C8H14N2O4S. The van der Waals surface area contributed by atoms with E-state index in [1.807, 2.05) is 6.07 Å². The summed E-state index contributed by atoms with van der Waals surface area (Å²) in [6.07, 6.45) is 0.693. The number of sulfonamides is 1. The highest BCUT2D eigenvalue weighted by Crippen LogP contribution is 2.00. The predicted molar refractivity (Wildman–Crippen MR) is 53.2 cm³/mol. The van der Waals surface area contributed by atoms with Crippen LogP contribution in [0.5, 0.6) is 0 Å². The quantitative estimate of drug-likeness (QED) is 0.506. The fraction of sp³-hybridized carbons (Fsp3) is 0.750. The van der Waals surface area contributed by atoms with Crippen LogP contribution in [-0.2, 0) is 19.6 Å². The van der Waals surface area contributed by atoms with Gasteiger partial charge in [-0.15, -0.1) is 0 Å². The van der Waals surface area contributed by atoms with Crippen LogP contribution in [0.4, 0.5) is 0 Å². The molecule has 1 atom stereocenters. The third-order valence-corrected chi connectivity index (χ3v) is 3.50. The molecule has 0 spiro atoms. The van der Waals surface area contributed by atoms with Crippen LogP contribution in [0.1, 0.15) is 19.8 Å². The third-order valence-electron chi connectivity index (χ3n) is 1.77. The first-order valence-corrected chi connectivity index (χ1v) is 5.93. The monoisotopic (exact) mass is 234 g/mol. The first-order valence-electron chi connectivity index (χ1n) is 4.39. The van der Waals surface area contributed by atoms with Crippen molar-refractivity contribution in [2.24, 2.45) is 0 Å². The van der Waals surface area contributed by atoms with Gasteiger partial charge in [-0.05, 0) is 13.3 Å². The number of unbranched alkanes of at least 4 members (excludes halogenated alkanes) is 1. The normalized spacial score (nSPS) is 12.9. The maximum atomic E-state index is 11.4. The van der Waals surface area contributed by atoms with E-state index in [1.54, 1.807) is 0 Å².